The molecule has 1 aromatic rings. The molecule has 1 aromatic heterocycles. The Morgan fingerprint density at radius 2 is 2.11 bits per heavy atom. The van der Waals surface area contributed by atoms with Gasteiger partial charge in [0.2, 0.25) is 5.95 Å². The molecule has 5 heteroatoms. The molecule has 0 amide bonds. The van der Waals surface area contributed by atoms with E-state index in [4.69, 9.17) is 0 Å². The summed E-state index contributed by atoms with van der Waals surface area (Å²) in [5, 5.41) is 15.8. The summed E-state index contributed by atoms with van der Waals surface area (Å²) in [4.78, 5) is 8.67. The lowest BCUT2D eigenvalue weighted by atomic mass is 10.1. The van der Waals surface area contributed by atoms with E-state index < -0.39 is 0 Å². The van der Waals surface area contributed by atoms with Crippen molar-refractivity contribution in [3.05, 3.63) is 11.8 Å². The van der Waals surface area contributed by atoms with Crippen LogP contribution < -0.4 is 10.6 Å². The molecule has 0 fully saturated rings. The Kier molecular flexibility index (Phi) is 5.85. The third kappa shape index (κ3) is 4.14. The van der Waals surface area contributed by atoms with Crippen LogP contribution in [0.15, 0.2) is 6.20 Å². The second-order valence-electron chi connectivity index (χ2n) is 4.83. The van der Waals surface area contributed by atoms with E-state index in [1.165, 1.54) is 0 Å². The molecule has 3 N–H and O–H groups in total. The quantitative estimate of drug-likeness (QED) is 0.692. The van der Waals surface area contributed by atoms with Gasteiger partial charge >= 0.3 is 0 Å². The lowest BCUT2D eigenvalue weighted by Crippen LogP contribution is -2.30. The van der Waals surface area contributed by atoms with Gasteiger partial charge in [0.15, 0.2) is 0 Å². The number of nitrogens with one attached hydrogen (secondary N) is 2. The Morgan fingerprint density at radius 3 is 2.67 bits per heavy atom. The molecule has 0 radical (unpaired) electrons. The van der Waals surface area contributed by atoms with Crippen LogP contribution in [0.2, 0.25) is 0 Å². The van der Waals surface area contributed by atoms with Crippen LogP contribution >= 0.6 is 0 Å². The van der Waals surface area contributed by atoms with E-state index in [2.05, 4.69) is 41.4 Å². The van der Waals surface area contributed by atoms with Crippen LogP contribution in [0.25, 0.3) is 0 Å². The van der Waals surface area contributed by atoms with E-state index in [0.717, 1.165) is 24.3 Å². The number of aliphatic hydroxyl groups is 1. The third-order valence-electron chi connectivity index (χ3n) is 2.83. The molecule has 0 aliphatic carbocycles. The number of hydrogen-bond donors (Lipinski definition) is 3. The number of aliphatic hydroxyl groups excluding tert-OH is 1. The van der Waals surface area contributed by atoms with E-state index in [9.17, 15) is 5.11 Å². The number of hydrogen-bond acceptors (Lipinski definition) is 5. The first-order valence-electron chi connectivity index (χ1n) is 6.53. The van der Waals surface area contributed by atoms with Crippen molar-refractivity contribution in [2.75, 3.05) is 23.8 Å². The Labute approximate surface area is 109 Å². The minimum atomic E-state index is 0.0117. The van der Waals surface area contributed by atoms with Crippen LogP contribution in [-0.2, 0) is 0 Å². The zero-order valence-corrected chi connectivity index (χ0v) is 11.7. The van der Waals surface area contributed by atoms with Crippen molar-refractivity contribution >= 4 is 11.8 Å². The average Bonchev–Trinajstić information content (AvgIpc) is 2.35. The summed E-state index contributed by atoms with van der Waals surface area (Å²) in [7, 11) is 0. The van der Waals surface area contributed by atoms with Crippen LogP contribution in [0, 0.1) is 12.8 Å². The number of anilines is 2. The molecule has 1 heterocycles. The SMILES string of the molecule is CCCNc1ncc(C)c(N[C@H](CO)C(C)C)n1. The molecule has 102 valence electrons. The molecule has 0 aromatic carbocycles. The molecule has 0 unspecified atom stereocenters. The predicted molar refractivity (Wildman–Crippen MR) is 74.9 cm³/mol. The zero-order chi connectivity index (χ0) is 13.5. The van der Waals surface area contributed by atoms with Gasteiger partial charge in [0.05, 0.1) is 12.6 Å². The minimum absolute atomic E-state index is 0.0117. The van der Waals surface area contributed by atoms with Crippen LogP contribution in [0.3, 0.4) is 0 Å². The van der Waals surface area contributed by atoms with Crippen LogP contribution in [0.4, 0.5) is 11.8 Å². The molecule has 0 aliphatic heterocycles. The molecule has 1 atom stereocenters. The Hall–Kier alpha value is -1.36. The number of nitrogens with zero attached hydrogens (tertiary/aromatic N) is 2. The molecule has 1 rings (SSSR count). The van der Waals surface area contributed by atoms with Crippen molar-refractivity contribution in [3.63, 3.8) is 0 Å². The topological polar surface area (TPSA) is 70.1 Å². The summed E-state index contributed by atoms with van der Waals surface area (Å²) in [6.45, 7) is 9.15. The molecule has 0 saturated carbocycles. The highest BCUT2D eigenvalue weighted by molar-refractivity contribution is 5.47. The molecular weight excluding hydrogens is 228 g/mol. The van der Waals surface area contributed by atoms with Gasteiger partial charge in [-0.3, -0.25) is 0 Å². The lowest BCUT2D eigenvalue weighted by Gasteiger charge is -2.21. The van der Waals surface area contributed by atoms with Gasteiger partial charge in [0.1, 0.15) is 5.82 Å². The summed E-state index contributed by atoms with van der Waals surface area (Å²) in [5.74, 6) is 1.76. The van der Waals surface area contributed by atoms with E-state index in [1.54, 1.807) is 6.20 Å². The highest BCUT2D eigenvalue weighted by Gasteiger charge is 2.14. The third-order valence-corrected chi connectivity index (χ3v) is 2.83. The molecule has 0 aliphatic rings. The monoisotopic (exact) mass is 252 g/mol. The van der Waals surface area contributed by atoms with Gasteiger partial charge < -0.3 is 15.7 Å². The smallest absolute Gasteiger partial charge is 0.224 e. The maximum absolute atomic E-state index is 9.34. The van der Waals surface area contributed by atoms with Crippen molar-refractivity contribution in [2.24, 2.45) is 5.92 Å². The van der Waals surface area contributed by atoms with Gasteiger partial charge in [-0.25, -0.2) is 4.98 Å². The first-order valence-corrected chi connectivity index (χ1v) is 6.53. The lowest BCUT2D eigenvalue weighted by molar-refractivity contribution is 0.249. The van der Waals surface area contributed by atoms with Gasteiger partial charge in [-0.1, -0.05) is 20.8 Å². The van der Waals surface area contributed by atoms with Gasteiger partial charge in [0, 0.05) is 18.3 Å². The maximum atomic E-state index is 9.34. The fraction of sp³-hybridized carbons (Fsp3) is 0.692. The predicted octanol–water partition coefficient (Wildman–Crippen LogP) is 2.04. The second-order valence-corrected chi connectivity index (χ2v) is 4.83. The number of aryl methyl sites for hydroxylation is 1. The van der Waals surface area contributed by atoms with E-state index in [1.807, 2.05) is 6.92 Å². The minimum Gasteiger partial charge on any atom is -0.394 e. The summed E-state index contributed by atoms with van der Waals surface area (Å²) >= 11 is 0. The van der Waals surface area contributed by atoms with Gasteiger partial charge in [-0.05, 0) is 19.3 Å². The van der Waals surface area contributed by atoms with Crippen molar-refractivity contribution in [1.82, 2.24) is 9.97 Å². The highest BCUT2D eigenvalue weighted by Crippen LogP contribution is 2.16. The second kappa shape index (κ2) is 7.16. The van der Waals surface area contributed by atoms with Crippen molar-refractivity contribution in [1.29, 1.82) is 0 Å². The molecule has 5 nitrogen and oxygen atoms in total. The highest BCUT2D eigenvalue weighted by atomic mass is 16.3. The largest absolute Gasteiger partial charge is 0.394 e. The van der Waals surface area contributed by atoms with Crippen molar-refractivity contribution < 1.29 is 5.11 Å². The van der Waals surface area contributed by atoms with Crippen LogP contribution in [-0.4, -0.2) is 34.3 Å². The summed E-state index contributed by atoms with van der Waals surface area (Å²) in [5.41, 5.74) is 0.983. The first-order chi connectivity index (χ1) is 8.58. The number of rotatable bonds is 7. The fourth-order valence-corrected chi connectivity index (χ4v) is 1.51. The van der Waals surface area contributed by atoms with E-state index >= 15 is 0 Å². The zero-order valence-electron chi connectivity index (χ0n) is 11.7. The molecular formula is C13H24N4O. The van der Waals surface area contributed by atoms with E-state index in [-0.39, 0.29) is 12.6 Å². The Morgan fingerprint density at radius 1 is 1.39 bits per heavy atom. The fourth-order valence-electron chi connectivity index (χ4n) is 1.51. The molecule has 0 spiro atoms. The standard InChI is InChI=1S/C13H24N4O/c1-5-6-14-13-15-7-10(4)12(17-13)16-11(8-18)9(2)3/h7,9,11,18H,5-6,8H2,1-4H3,(H2,14,15,16,17)/t11-/m1/s1. The summed E-state index contributed by atoms with van der Waals surface area (Å²) in [6.07, 6.45) is 2.83. The average molecular weight is 252 g/mol. The van der Waals surface area contributed by atoms with Gasteiger partial charge in [-0.2, -0.15) is 4.98 Å². The molecule has 0 bridgehead atoms. The van der Waals surface area contributed by atoms with Gasteiger partial charge in [0.25, 0.3) is 0 Å². The summed E-state index contributed by atoms with van der Waals surface area (Å²) in [6, 6.07) is 0.0117. The van der Waals surface area contributed by atoms with Gasteiger partial charge in [-0.15, -0.1) is 0 Å². The Bertz CT molecular complexity index is 368. The summed E-state index contributed by atoms with van der Waals surface area (Å²) < 4.78 is 0. The van der Waals surface area contributed by atoms with Crippen molar-refractivity contribution in [3.8, 4) is 0 Å². The van der Waals surface area contributed by atoms with Crippen LogP contribution in [0.5, 0.6) is 0 Å². The van der Waals surface area contributed by atoms with Crippen LogP contribution in [0.1, 0.15) is 32.8 Å². The molecule has 0 saturated heterocycles. The Balaban J connectivity index is 2.79. The first kappa shape index (κ1) is 14.7. The van der Waals surface area contributed by atoms with Crippen molar-refractivity contribution in [2.45, 2.75) is 40.2 Å². The normalized spacial score (nSPS) is 12.6. The maximum Gasteiger partial charge on any atom is 0.224 e. The molecule has 18 heavy (non-hydrogen) atoms. The number of aromatic nitrogens is 2. The van der Waals surface area contributed by atoms with E-state index in [0.29, 0.717) is 11.9 Å².